The van der Waals surface area contributed by atoms with E-state index in [1.807, 2.05) is 0 Å². The third-order valence-electron chi connectivity index (χ3n) is 2.77. The topological polar surface area (TPSA) is 26.3 Å². The molecule has 1 atom stereocenters. The Hall–Kier alpha value is -2.01. The molecule has 0 saturated heterocycles. The first-order chi connectivity index (χ1) is 9.88. The first kappa shape index (κ1) is 15.4. The number of benzene rings is 2. The van der Waals surface area contributed by atoms with Gasteiger partial charge in [0.15, 0.2) is 6.10 Å². The molecule has 0 aliphatic rings. The molecule has 2 aromatic carbocycles. The Kier molecular flexibility index (Phi) is 4.53. The molecule has 0 fully saturated rings. The highest BCUT2D eigenvalue weighted by molar-refractivity contribution is 6.30. The van der Waals surface area contributed by atoms with E-state index in [0.29, 0.717) is 6.07 Å². The quantitative estimate of drug-likeness (QED) is 0.781. The zero-order valence-corrected chi connectivity index (χ0v) is 11.6. The van der Waals surface area contributed by atoms with Gasteiger partial charge in [-0.25, -0.2) is 13.2 Å². The molecule has 1 unspecified atom stereocenters. The third-order valence-corrected chi connectivity index (χ3v) is 3.06. The van der Waals surface area contributed by atoms with Crippen LogP contribution in [0.25, 0.3) is 0 Å². The maximum absolute atomic E-state index is 13.5. The van der Waals surface area contributed by atoms with Gasteiger partial charge >= 0.3 is 0 Å². The summed E-state index contributed by atoms with van der Waals surface area (Å²) in [5, 5.41) is -0.153. The molecule has 2 aromatic rings. The molecule has 2 nitrogen and oxygen atoms in total. The number of ketones is 1. The smallest absolute Gasteiger partial charge is 0.205 e. The van der Waals surface area contributed by atoms with Crippen molar-refractivity contribution in [3.8, 4) is 5.75 Å². The maximum atomic E-state index is 13.5. The van der Waals surface area contributed by atoms with Crippen LogP contribution in [-0.4, -0.2) is 11.9 Å². The lowest BCUT2D eigenvalue weighted by Crippen LogP contribution is -2.24. The number of rotatable bonds is 4. The van der Waals surface area contributed by atoms with E-state index >= 15 is 0 Å². The molecule has 0 radical (unpaired) electrons. The molecule has 0 aliphatic heterocycles. The van der Waals surface area contributed by atoms with E-state index < -0.39 is 29.3 Å². The summed E-state index contributed by atoms with van der Waals surface area (Å²) in [6.07, 6.45) is -1.04. The summed E-state index contributed by atoms with van der Waals surface area (Å²) in [5.74, 6) is -2.85. The molecular formula is C15H10ClF3O2. The Bertz CT molecular complexity index is 689. The fraction of sp³-hybridized carbons (Fsp3) is 0.133. The Morgan fingerprint density at radius 1 is 1.10 bits per heavy atom. The van der Waals surface area contributed by atoms with Crippen LogP contribution in [-0.2, 0) is 0 Å². The second-order valence-corrected chi connectivity index (χ2v) is 4.73. The Labute approximate surface area is 124 Å². The minimum Gasteiger partial charge on any atom is -0.483 e. The van der Waals surface area contributed by atoms with Gasteiger partial charge in [-0.3, -0.25) is 4.79 Å². The second-order valence-electron chi connectivity index (χ2n) is 4.32. The van der Waals surface area contributed by atoms with Crippen LogP contribution in [0.15, 0.2) is 36.4 Å². The standard InChI is InChI=1S/C15H10ClF3O2/c1-8(21-10-3-5-13(18)12(16)7-10)15(20)11-4-2-9(17)6-14(11)19/h2-8H,1H3. The van der Waals surface area contributed by atoms with Crippen molar-refractivity contribution < 1.29 is 22.7 Å². The molecule has 21 heavy (non-hydrogen) atoms. The van der Waals surface area contributed by atoms with E-state index in [4.69, 9.17) is 16.3 Å². The molecule has 0 spiro atoms. The van der Waals surface area contributed by atoms with Crippen molar-refractivity contribution in [1.82, 2.24) is 0 Å². The van der Waals surface area contributed by atoms with Crippen LogP contribution < -0.4 is 4.74 Å². The predicted octanol–water partition coefficient (Wildman–Crippen LogP) is 4.41. The van der Waals surface area contributed by atoms with Crippen molar-refractivity contribution in [2.45, 2.75) is 13.0 Å². The molecule has 0 N–H and O–H groups in total. The highest BCUT2D eigenvalue weighted by atomic mass is 35.5. The molecule has 0 amide bonds. The van der Waals surface area contributed by atoms with Crippen LogP contribution >= 0.6 is 11.6 Å². The van der Waals surface area contributed by atoms with Gasteiger partial charge in [-0.15, -0.1) is 0 Å². The van der Waals surface area contributed by atoms with Crippen molar-refractivity contribution in [3.05, 3.63) is 64.4 Å². The van der Waals surface area contributed by atoms with Gasteiger partial charge in [-0.2, -0.15) is 0 Å². The van der Waals surface area contributed by atoms with Crippen molar-refractivity contribution in [2.75, 3.05) is 0 Å². The third kappa shape index (κ3) is 3.55. The minimum absolute atomic E-state index is 0.153. The maximum Gasteiger partial charge on any atom is 0.205 e. The zero-order valence-electron chi connectivity index (χ0n) is 10.9. The average molecular weight is 315 g/mol. The van der Waals surface area contributed by atoms with Gasteiger partial charge in [-0.05, 0) is 31.2 Å². The van der Waals surface area contributed by atoms with Crippen molar-refractivity contribution >= 4 is 17.4 Å². The number of ether oxygens (including phenoxy) is 1. The van der Waals surface area contributed by atoms with E-state index in [0.717, 1.165) is 18.2 Å². The van der Waals surface area contributed by atoms with Crippen molar-refractivity contribution in [1.29, 1.82) is 0 Å². The summed E-state index contributed by atoms with van der Waals surface area (Å²) in [7, 11) is 0. The lowest BCUT2D eigenvalue weighted by atomic mass is 10.1. The van der Waals surface area contributed by atoms with E-state index in [1.54, 1.807) is 0 Å². The van der Waals surface area contributed by atoms with E-state index in [9.17, 15) is 18.0 Å². The van der Waals surface area contributed by atoms with Crippen LogP contribution in [0.2, 0.25) is 5.02 Å². The molecule has 6 heteroatoms. The van der Waals surface area contributed by atoms with Crippen LogP contribution in [0.4, 0.5) is 13.2 Å². The lowest BCUT2D eigenvalue weighted by Gasteiger charge is -2.14. The summed E-state index contributed by atoms with van der Waals surface area (Å²) in [4.78, 5) is 12.0. The largest absolute Gasteiger partial charge is 0.483 e. The molecule has 2 rings (SSSR count). The number of Topliss-reactive ketones (excluding diaryl/α,β-unsaturated/α-hetero) is 1. The summed E-state index contributed by atoms with van der Waals surface area (Å²) in [5.41, 5.74) is -0.280. The van der Waals surface area contributed by atoms with E-state index in [1.165, 1.54) is 19.1 Å². The van der Waals surface area contributed by atoms with Gasteiger partial charge in [0.2, 0.25) is 5.78 Å². The van der Waals surface area contributed by atoms with Crippen molar-refractivity contribution in [2.24, 2.45) is 0 Å². The monoisotopic (exact) mass is 314 g/mol. The summed E-state index contributed by atoms with van der Waals surface area (Å²) >= 11 is 5.59. The fourth-order valence-corrected chi connectivity index (χ4v) is 1.89. The number of hydrogen-bond donors (Lipinski definition) is 0. The Balaban J connectivity index is 2.17. The van der Waals surface area contributed by atoms with Crippen LogP contribution in [0.5, 0.6) is 5.75 Å². The van der Waals surface area contributed by atoms with Gasteiger partial charge in [-0.1, -0.05) is 11.6 Å². The molecule has 0 heterocycles. The van der Waals surface area contributed by atoms with Crippen LogP contribution in [0.3, 0.4) is 0 Å². The van der Waals surface area contributed by atoms with Crippen molar-refractivity contribution in [3.63, 3.8) is 0 Å². The molecule has 0 saturated carbocycles. The highest BCUT2D eigenvalue weighted by Gasteiger charge is 2.21. The highest BCUT2D eigenvalue weighted by Crippen LogP contribution is 2.23. The number of hydrogen-bond acceptors (Lipinski definition) is 2. The van der Waals surface area contributed by atoms with Gasteiger partial charge in [0, 0.05) is 12.1 Å². The molecule has 0 aromatic heterocycles. The number of carbonyl (C=O) groups is 1. The van der Waals surface area contributed by atoms with Crippen LogP contribution in [0, 0.1) is 17.5 Å². The zero-order chi connectivity index (χ0) is 15.6. The lowest BCUT2D eigenvalue weighted by molar-refractivity contribution is 0.0813. The fourth-order valence-electron chi connectivity index (χ4n) is 1.72. The summed E-state index contributed by atoms with van der Waals surface area (Å²) in [6, 6.07) is 6.25. The van der Waals surface area contributed by atoms with E-state index in [-0.39, 0.29) is 16.3 Å². The van der Waals surface area contributed by atoms with Crippen LogP contribution in [0.1, 0.15) is 17.3 Å². The van der Waals surface area contributed by atoms with E-state index in [2.05, 4.69) is 0 Å². The minimum atomic E-state index is -1.04. The molecule has 0 bridgehead atoms. The summed E-state index contributed by atoms with van der Waals surface area (Å²) in [6.45, 7) is 1.41. The number of halogens is 4. The average Bonchev–Trinajstić information content (AvgIpc) is 2.42. The first-order valence-electron chi connectivity index (χ1n) is 5.99. The predicted molar refractivity (Wildman–Crippen MR) is 72.2 cm³/mol. The molecule has 110 valence electrons. The Morgan fingerprint density at radius 3 is 2.43 bits per heavy atom. The molecule has 0 aliphatic carbocycles. The first-order valence-corrected chi connectivity index (χ1v) is 6.37. The number of carbonyl (C=O) groups excluding carboxylic acids is 1. The Morgan fingerprint density at radius 2 is 1.81 bits per heavy atom. The SMILES string of the molecule is CC(Oc1ccc(F)c(Cl)c1)C(=O)c1ccc(F)cc1F. The van der Waals surface area contributed by atoms with Gasteiger partial charge in [0.1, 0.15) is 23.2 Å². The van der Waals surface area contributed by atoms with Gasteiger partial charge in [0.25, 0.3) is 0 Å². The molecular weight excluding hydrogens is 305 g/mol. The normalized spacial score (nSPS) is 12.0. The second kappa shape index (κ2) is 6.18. The van der Waals surface area contributed by atoms with Gasteiger partial charge < -0.3 is 4.74 Å². The summed E-state index contributed by atoms with van der Waals surface area (Å²) < 4.78 is 44.6. The van der Waals surface area contributed by atoms with Gasteiger partial charge in [0.05, 0.1) is 10.6 Å².